The Morgan fingerprint density at radius 3 is 2.75 bits per heavy atom. The number of allylic oxidation sites excluding steroid dienone is 2. The molecule has 2 amide bonds. The van der Waals surface area contributed by atoms with Gasteiger partial charge in [0, 0.05) is 18.9 Å². The highest BCUT2D eigenvalue weighted by atomic mass is 16.5. The molecular formula is C21H28N2O5. The predicted octanol–water partition coefficient (Wildman–Crippen LogP) is 1.63. The third-order valence-electron chi connectivity index (χ3n) is 4.49. The molecule has 28 heavy (non-hydrogen) atoms. The van der Waals surface area contributed by atoms with Crippen LogP contribution in [-0.4, -0.2) is 42.1 Å². The first kappa shape index (κ1) is 21.6. The standard InChI is InChI=1S/C21H28N2O5/c1-15(14-24)23-19(25)12-17-10-6-3-7-11-20(26)28-18(13-22-21(17)27)16-8-4-2-5-9-16/h2-6,8-9,15,17-18,24H,7,10-14H2,1H3,(H,22,27)(H,23,25)/t15-,17+,18-/m0/s1. The van der Waals surface area contributed by atoms with E-state index in [1.165, 1.54) is 0 Å². The van der Waals surface area contributed by atoms with Crippen LogP contribution in [0, 0.1) is 5.92 Å². The summed E-state index contributed by atoms with van der Waals surface area (Å²) in [5.41, 5.74) is 0.801. The van der Waals surface area contributed by atoms with Crippen LogP contribution in [0.4, 0.5) is 0 Å². The van der Waals surface area contributed by atoms with E-state index in [1.807, 2.05) is 42.5 Å². The van der Waals surface area contributed by atoms with E-state index >= 15 is 0 Å². The highest BCUT2D eigenvalue weighted by molar-refractivity contribution is 5.86. The van der Waals surface area contributed by atoms with Gasteiger partial charge in [-0.25, -0.2) is 0 Å². The lowest BCUT2D eigenvalue weighted by atomic mass is 9.98. The van der Waals surface area contributed by atoms with Crippen LogP contribution in [0.3, 0.4) is 0 Å². The lowest BCUT2D eigenvalue weighted by Crippen LogP contribution is -2.40. The van der Waals surface area contributed by atoms with E-state index in [4.69, 9.17) is 9.84 Å². The molecule has 1 aromatic carbocycles. The highest BCUT2D eigenvalue weighted by Crippen LogP contribution is 2.19. The van der Waals surface area contributed by atoms with Gasteiger partial charge in [0.05, 0.1) is 19.1 Å². The zero-order valence-corrected chi connectivity index (χ0v) is 16.1. The third kappa shape index (κ3) is 7.15. The summed E-state index contributed by atoms with van der Waals surface area (Å²) in [7, 11) is 0. The van der Waals surface area contributed by atoms with Crippen molar-refractivity contribution in [1.29, 1.82) is 0 Å². The molecule has 1 aromatic rings. The van der Waals surface area contributed by atoms with Crippen molar-refractivity contribution in [2.45, 2.75) is 44.8 Å². The Labute approximate surface area is 165 Å². The fourth-order valence-corrected chi connectivity index (χ4v) is 2.92. The Kier molecular flexibility index (Phi) is 8.68. The molecule has 0 saturated heterocycles. The smallest absolute Gasteiger partial charge is 0.306 e. The number of hydrogen-bond acceptors (Lipinski definition) is 5. The molecule has 7 heteroatoms. The van der Waals surface area contributed by atoms with Gasteiger partial charge in [0.1, 0.15) is 6.10 Å². The average Bonchev–Trinajstić information content (AvgIpc) is 2.69. The van der Waals surface area contributed by atoms with E-state index in [0.717, 1.165) is 5.56 Å². The van der Waals surface area contributed by atoms with Gasteiger partial charge in [0.15, 0.2) is 0 Å². The Morgan fingerprint density at radius 2 is 2.04 bits per heavy atom. The van der Waals surface area contributed by atoms with E-state index in [2.05, 4.69) is 10.6 Å². The van der Waals surface area contributed by atoms with Gasteiger partial charge in [-0.2, -0.15) is 0 Å². The minimum Gasteiger partial charge on any atom is -0.456 e. The normalized spacial score (nSPS) is 22.2. The van der Waals surface area contributed by atoms with Crippen molar-refractivity contribution in [2.24, 2.45) is 5.92 Å². The molecular weight excluding hydrogens is 360 g/mol. The van der Waals surface area contributed by atoms with Crippen LogP contribution < -0.4 is 10.6 Å². The molecule has 0 radical (unpaired) electrons. The second-order valence-corrected chi connectivity index (χ2v) is 6.93. The minimum absolute atomic E-state index is 0.0241. The fourth-order valence-electron chi connectivity index (χ4n) is 2.92. The summed E-state index contributed by atoms with van der Waals surface area (Å²) in [6.45, 7) is 1.67. The molecule has 3 N–H and O–H groups in total. The largest absolute Gasteiger partial charge is 0.456 e. The number of aliphatic hydroxyl groups excluding tert-OH is 1. The number of amides is 2. The van der Waals surface area contributed by atoms with Gasteiger partial charge in [-0.05, 0) is 25.3 Å². The minimum atomic E-state index is -0.579. The zero-order chi connectivity index (χ0) is 20.4. The lowest BCUT2D eigenvalue weighted by molar-refractivity contribution is -0.150. The van der Waals surface area contributed by atoms with Gasteiger partial charge in [-0.15, -0.1) is 0 Å². The van der Waals surface area contributed by atoms with Crippen LogP contribution >= 0.6 is 0 Å². The molecule has 0 bridgehead atoms. The van der Waals surface area contributed by atoms with Crippen LogP contribution in [0.1, 0.15) is 44.3 Å². The number of cyclic esters (lactones) is 1. The zero-order valence-electron chi connectivity index (χ0n) is 16.1. The van der Waals surface area contributed by atoms with Crippen molar-refractivity contribution in [2.75, 3.05) is 13.2 Å². The number of benzene rings is 1. The number of carbonyl (C=O) groups excluding carboxylic acids is 3. The Bertz CT molecular complexity index is 689. The number of nitrogens with one attached hydrogen (secondary N) is 2. The molecule has 152 valence electrons. The van der Waals surface area contributed by atoms with E-state index in [-0.39, 0.29) is 49.8 Å². The van der Waals surface area contributed by atoms with Gasteiger partial charge < -0.3 is 20.5 Å². The summed E-state index contributed by atoms with van der Waals surface area (Å²) in [5.74, 6) is -1.40. The second-order valence-electron chi connectivity index (χ2n) is 6.93. The van der Waals surface area contributed by atoms with Crippen molar-refractivity contribution in [3.05, 3.63) is 48.0 Å². The molecule has 0 fully saturated rings. The van der Waals surface area contributed by atoms with Crippen LogP contribution in [-0.2, 0) is 19.1 Å². The molecule has 0 aliphatic carbocycles. The van der Waals surface area contributed by atoms with Crippen molar-refractivity contribution >= 4 is 17.8 Å². The van der Waals surface area contributed by atoms with Gasteiger partial charge in [-0.3, -0.25) is 14.4 Å². The first-order valence-corrected chi connectivity index (χ1v) is 9.57. The number of rotatable bonds is 5. The SMILES string of the molecule is C[C@@H](CO)NC(=O)C[C@H]1CC=CCCC(=O)O[C@H](c2ccccc2)CNC1=O. The van der Waals surface area contributed by atoms with Crippen molar-refractivity contribution < 1.29 is 24.2 Å². The van der Waals surface area contributed by atoms with Crippen LogP contribution in [0.2, 0.25) is 0 Å². The first-order valence-electron chi connectivity index (χ1n) is 9.57. The van der Waals surface area contributed by atoms with Crippen molar-refractivity contribution in [1.82, 2.24) is 10.6 Å². The van der Waals surface area contributed by atoms with E-state index in [9.17, 15) is 14.4 Å². The molecule has 1 aliphatic heterocycles. The second kappa shape index (κ2) is 11.2. The number of esters is 1. The summed E-state index contributed by atoms with van der Waals surface area (Å²) in [4.78, 5) is 36.9. The van der Waals surface area contributed by atoms with Gasteiger partial charge >= 0.3 is 5.97 Å². The maximum absolute atomic E-state index is 12.7. The van der Waals surface area contributed by atoms with Crippen LogP contribution in [0.5, 0.6) is 0 Å². The van der Waals surface area contributed by atoms with Gasteiger partial charge in [0.25, 0.3) is 0 Å². The number of carbonyl (C=O) groups is 3. The Morgan fingerprint density at radius 1 is 1.29 bits per heavy atom. The first-order chi connectivity index (χ1) is 13.5. The monoisotopic (exact) mass is 388 g/mol. The molecule has 1 aliphatic rings. The topological polar surface area (TPSA) is 105 Å². The molecule has 1 heterocycles. The Hall–Kier alpha value is -2.67. The summed E-state index contributed by atoms with van der Waals surface area (Å²) in [6.07, 6.45) is 4.26. The Balaban J connectivity index is 2.09. The molecule has 0 unspecified atom stereocenters. The van der Waals surface area contributed by atoms with Gasteiger partial charge in [0.2, 0.25) is 11.8 Å². The van der Waals surface area contributed by atoms with Gasteiger partial charge in [-0.1, -0.05) is 42.5 Å². The summed E-state index contributed by atoms with van der Waals surface area (Å²) >= 11 is 0. The van der Waals surface area contributed by atoms with Crippen LogP contribution in [0.15, 0.2) is 42.5 Å². The maximum atomic E-state index is 12.7. The quantitative estimate of drug-likeness (QED) is 0.525. The molecule has 2 rings (SSSR count). The third-order valence-corrected chi connectivity index (χ3v) is 4.49. The molecule has 0 spiro atoms. The van der Waals surface area contributed by atoms with E-state index < -0.39 is 12.0 Å². The highest BCUT2D eigenvalue weighted by Gasteiger charge is 2.24. The summed E-state index contributed by atoms with van der Waals surface area (Å²) in [6, 6.07) is 8.89. The lowest BCUT2D eigenvalue weighted by Gasteiger charge is -2.22. The summed E-state index contributed by atoms with van der Waals surface area (Å²) in [5, 5.41) is 14.5. The number of hydrogen-bond donors (Lipinski definition) is 3. The molecule has 0 aromatic heterocycles. The summed E-state index contributed by atoms with van der Waals surface area (Å²) < 4.78 is 5.55. The average molecular weight is 388 g/mol. The molecule has 3 atom stereocenters. The molecule has 0 saturated carbocycles. The van der Waals surface area contributed by atoms with Crippen molar-refractivity contribution in [3.8, 4) is 0 Å². The van der Waals surface area contributed by atoms with Crippen molar-refractivity contribution in [3.63, 3.8) is 0 Å². The predicted molar refractivity (Wildman–Crippen MR) is 104 cm³/mol. The van der Waals surface area contributed by atoms with E-state index in [1.54, 1.807) is 6.92 Å². The van der Waals surface area contributed by atoms with E-state index in [0.29, 0.717) is 12.8 Å². The number of aliphatic hydroxyl groups is 1. The fraction of sp³-hybridized carbons (Fsp3) is 0.476. The maximum Gasteiger partial charge on any atom is 0.306 e. The van der Waals surface area contributed by atoms with Crippen LogP contribution in [0.25, 0.3) is 0 Å². The molecule has 7 nitrogen and oxygen atoms in total. The number of ether oxygens (including phenoxy) is 1.